The van der Waals surface area contributed by atoms with E-state index in [9.17, 15) is 10.5 Å². The molecule has 0 bridgehead atoms. The molecule has 14 heteroatoms. The van der Waals surface area contributed by atoms with Crippen LogP contribution in [0.3, 0.4) is 0 Å². The van der Waals surface area contributed by atoms with Gasteiger partial charge in [0.15, 0.2) is 34.9 Å². The number of hydrogen-bond acceptors (Lipinski definition) is 10. The van der Waals surface area contributed by atoms with E-state index in [1.807, 2.05) is 169 Å². The highest BCUT2D eigenvalue weighted by atomic mass is 32.2. The van der Waals surface area contributed by atoms with Gasteiger partial charge < -0.3 is 9.13 Å². The molecule has 16 aromatic carbocycles. The average molecular weight is 1590 g/mol. The lowest BCUT2D eigenvalue weighted by Gasteiger charge is -2.39. The first-order valence-electron chi connectivity index (χ1n) is 40.1. The van der Waals surface area contributed by atoms with Crippen molar-refractivity contribution in [1.82, 2.24) is 39.0 Å². The Kier molecular flexibility index (Phi) is 16.5. The Labute approximate surface area is 710 Å². The van der Waals surface area contributed by atoms with Gasteiger partial charge in [0.1, 0.15) is 0 Å². The summed E-state index contributed by atoms with van der Waals surface area (Å²) in [5.74, 6) is 2.39. The van der Waals surface area contributed by atoms with Crippen molar-refractivity contribution in [3.05, 3.63) is 442 Å². The van der Waals surface area contributed by atoms with Crippen molar-refractivity contribution in [3.8, 4) is 114 Å². The SMILES string of the molecule is [C-]#[N+]c1cc(-n2c3ccccc3c3c4c(ccc32)C2(c3ccccc3Sc3ccccc32)c2ccccc2-4)cc(C#N)c1-c1nc(-c2ccccc2)nc(-c2ccccc2)n1.[C-]#[N+]c1cc(-n2c3ccccc3c3ccc4c(c32)-c2ccccc2C42c3ccccc3Sc3ccccc32)cc(C#N)c1-c1nc(-c2ccccc2)nc(-c2ccccc2)n1. The molecule has 122 heavy (non-hydrogen) atoms. The second kappa shape index (κ2) is 28.3. The van der Waals surface area contributed by atoms with E-state index in [4.69, 9.17) is 43.0 Å². The highest BCUT2D eigenvalue weighted by molar-refractivity contribution is 7.99. The first-order valence-corrected chi connectivity index (χ1v) is 41.7. The second-order valence-electron chi connectivity index (χ2n) is 30.6. The zero-order valence-electron chi connectivity index (χ0n) is 64.8. The molecule has 2 aliphatic carbocycles. The van der Waals surface area contributed by atoms with Crippen molar-refractivity contribution in [2.75, 3.05) is 0 Å². The Morgan fingerprint density at radius 2 is 0.615 bits per heavy atom. The van der Waals surface area contributed by atoms with Gasteiger partial charge in [-0.3, -0.25) is 0 Å². The first kappa shape index (κ1) is 71.1. The third kappa shape index (κ3) is 10.6. The number of rotatable bonds is 8. The van der Waals surface area contributed by atoms with Crippen LogP contribution in [0.15, 0.2) is 384 Å². The summed E-state index contributed by atoms with van der Waals surface area (Å²) in [7, 11) is 0. The number of nitriles is 2. The number of aromatic nitrogens is 8. The first-order chi connectivity index (χ1) is 60.3. The van der Waals surface area contributed by atoms with Crippen LogP contribution in [0.1, 0.15) is 55.6 Å². The molecule has 0 saturated heterocycles. The summed E-state index contributed by atoms with van der Waals surface area (Å²) in [4.78, 5) is 42.6. The summed E-state index contributed by atoms with van der Waals surface area (Å²) < 4.78 is 4.46. The van der Waals surface area contributed by atoms with Crippen molar-refractivity contribution in [2.45, 2.75) is 30.4 Å². The third-order valence-electron chi connectivity index (χ3n) is 24.3. The molecule has 6 heterocycles. The molecule has 0 saturated carbocycles. The predicted molar refractivity (Wildman–Crippen MR) is 486 cm³/mol. The van der Waals surface area contributed by atoms with Crippen LogP contribution in [0, 0.1) is 35.8 Å². The van der Waals surface area contributed by atoms with Crippen LogP contribution in [0.2, 0.25) is 0 Å². The minimum atomic E-state index is -0.561. The summed E-state index contributed by atoms with van der Waals surface area (Å²) in [5.41, 5.74) is 24.3. The Balaban J connectivity index is 0.000000142. The molecular weight excluding hydrogens is 1530 g/mol. The van der Waals surface area contributed by atoms with Gasteiger partial charge >= 0.3 is 0 Å². The largest absolute Gasteiger partial charge is 0.310 e. The molecule has 0 fully saturated rings. The van der Waals surface area contributed by atoms with Crippen molar-refractivity contribution in [1.29, 1.82) is 10.5 Å². The maximum absolute atomic E-state index is 11.0. The number of para-hydroxylation sites is 2. The lowest BCUT2D eigenvalue weighted by atomic mass is 9.67. The monoisotopic (exact) mass is 1590 g/mol. The van der Waals surface area contributed by atoms with Crippen LogP contribution in [0.25, 0.3) is 155 Å². The van der Waals surface area contributed by atoms with Crippen LogP contribution in [-0.2, 0) is 10.8 Å². The lowest BCUT2D eigenvalue weighted by molar-refractivity contribution is 0.723. The average Bonchev–Trinajstić information content (AvgIpc) is 1.51. The second-order valence-corrected chi connectivity index (χ2v) is 32.7. The summed E-state index contributed by atoms with van der Waals surface area (Å²) in [6, 6.07) is 130. The molecule has 564 valence electrons. The van der Waals surface area contributed by atoms with E-state index < -0.39 is 10.8 Å². The van der Waals surface area contributed by atoms with Crippen LogP contribution >= 0.6 is 23.5 Å². The summed E-state index contributed by atoms with van der Waals surface area (Å²) in [5, 5.41) is 26.4. The van der Waals surface area contributed by atoms with E-state index in [1.54, 1.807) is 0 Å². The standard InChI is InChI=1S/2C54H30N6S/c1-56-44-31-36(30-35(32-55)48(44)53-58-51(33-16-4-2-5-17-33)57-52(59-53)34-18-6-3-7-19-34)60-45-25-13-9-20-37(45)38-28-29-43-49(50(38)60)39-21-8-10-22-40(39)54(43)41-23-11-14-26-46(41)61-47-27-15-12-24-42(47)54;1-56-43-31-36(30-35(32-55)48(43)53-58-51(33-16-4-2-5-17-33)57-52(59-53)34-18-6-3-7-19-34)60-44-25-13-9-21-38(44)50-45(60)29-28-42-49(50)37-20-8-10-22-39(37)54(42)40-23-11-14-26-46(40)61-47-27-15-12-24-41(47)54/h2*2-31H. The fraction of sp³-hybridized carbons (Fsp3) is 0.0185. The molecule has 0 radical (unpaired) electrons. The van der Waals surface area contributed by atoms with Crippen molar-refractivity contribution < 1.29 is 0 Å². The lowest BCUT2D eigenvalue weighted by Crippen LogP contribution is -2.31. The van der Waals surface area contributed by atoms with Crippen LogP contribution in [0.4, 0.5) is 11.4 Å². The van der Waals surface area contributed by atoms with Gasteiger partial charge in [-0.1, -0.05) is 321 Å². The Bertz CT molecular complexity index is 7740. The molecule has 0 unspecified atom stereocenters. The normalized spacial score (nSPS) is 13.0. The molecule has 12 nitrogen and oxygen atoms in total. The molecule has 20 aromatic rings. The topological polar surface area (TPSA) is 144 Å². The Morgan fingerprint density at radius 1 is 0.279 bits per heavy atom. The summed E-state index contributed by atoms with van der Waals surface area (Å²) >= 11 is 3.67. The van der Waals surface area contributed by atoms with Gasteiger partial charge in [0, 0.05) is 91.4 Å². The molecule has 2 spiro atoms. The molecule has 2 aliphatic heterocycles. The van der Waals surface area contributed by atoms with Gasteiger partial charge in [-0.05, 0) is 128 Å². The molecule has 4 aromatic heterocycles. The molecule has 4 aliphatic rings. The zero-order valence-corrected chi connectivity index (χ0v) is 66.5. The van der Waals surface area contributed by atoms with Crippen molar-refractivity contribution >= 4 is 78.5 Å². The van der Waals surface area contributed by atoms with Crippen LogP contribution in [0.5, 0.6) is 0 Å². The van der Waals surface area contributed by atoms with Crippen LogP contribution < -0.4 is 0 Å². The van der Waals surface area contributed by atoms with E-state index >= 15 is 0 Å². The maximum Gasteiger partial charge on any atom is 0.201 e. The van der Waals surface area contributed by atoms with Gasteiger partial charge in [-0.25, -0.2) is 39.6 Å². The summed E-state index contributed by atoms with van der Waals surface area (Å²) in [6.45, 7) is 17.1. The minimum Gasteiger partial charge on any atom is -0.310 e. The highest BCUT2D eigenvalue weighted by Gasteiger charge is 2.53. The Hall–Kier alpha value is -16.2. The fourth-order valence-corrected chi connectivity index (χ4v) is 21.9. The van der Waals surface area contributed by atoms with Gasteiger partial charge in [0.05, 0.1) is 69.3 Å². The van der Waals surface area contributed by atoms with Crippen molar-refractivity contribution in [2.24, 2.45) is 0 Å². The molecule has 0 amide bonds. The third-order valence-corrected chi connectivity index (χ3v) is 26.6. The minimum absolute atomic E-state index is 0.272. The molecule has 0 atom stereocenters. The smallest absolute Gasteiger partial charge is 0.201 e. The zero-order chi connectivity index (χ0) is 81.3. The van der Waals surface area contributed by atoms with E-state index in [0.717, 1.165) is 71.4 Å². The quantitative estimate of drug-likeness (QED) is 0.135. The summed E-state index contributed by atoms with van der Waals surface area (Å²) in [6.07, 6.45) is 0. The van der Waals surface area contributed by atoms with Gasteiger partial charge in [0.2, 0.25) is 11.4 Å². The molecule has 24 rings (SSSR count). The fourth-order valence-electron chi connectivity index (χ4n) is 19.5. The maximum atomic E-state index is 11.0. The molecular formula is C108H60N12S2. The van der Waals surface area contributed by atoms with E-state index in [1.165, 1.54) is 80.8 Å². The highest BCUT2D eigenvalue weighted by Crippen LogP contribution is 2.66. The predicted octanol–water partition coefficient (Wildman–Crippen LogP) is 26.4. The number of hydrogen-bond donors (Lipinski definition) is 0. The van der Waals surface area contributed by atoms with Crippen LogP contribution in [-0.4, -0.2) is 39.0 Å². The van der Waals surface area contributed by atoms with E-state index in [2.05, 4.69) is 249 Å². The molecule has 0 N–H and O–H groups in total. The van der Waals surface area contributed by atoms with E-state index in [-0.39, 0.29) is 23.0 Å². The number of benzene rings is 16. The van der Waals surface area contributed by atoms with Crippen molar-refractivity contribution in [3.63, 3.8) is 0 Å². The number of fused-ring (bicyclic) bond motifs is 26. The Morgan fingerprint density at radius 3 is 1.04 bits per heavy atom. The van der Waals surface area contributed by atoms with Gasteiger partial charge in [-0.2, -0.15) is 10.5 Å². The van der Waals surface area contributed by atoms with Gasteiger partial charge in [-0.15, -0.1) is 0 Å². The van der Waals surface area contributed by atoms with E-state index in [0.29, 0.717) is 56.9 Å². The number of nitrogens with zero attached hydrogens (tertiary/aromatic N) is 12. The van der Waals surface area contributed by atoms with Gasteiger partial charge in [0.25, 0.3) is 0 Å².